The van der Waals surface area contributed by atoms with Crippen LogP contribution in [0.4, 0.5) is 16.3 Å². The van der Waals surface area contributed by atoms with E-state index in [0.717, 1.165) is 43.0 Å². The lowest BCUT2D eigenvalue weighted by Crippen LogP contribution is -2.37. The fourth-order valence-corrected chi connectivity index (χ4v) is 4.67. The summed E-state index contributed by atoms with van der Waals surface area (Å²) in [5.41, 5.74) is 1.78. The highest BCUT2D eigenvalue weighted by molar-refractivity contribution is 7.79. The van der Waals surface area contributed by atoms with Gasteiger partial charge in [-0.1, -0.05) is 0 Å². The zero-order valence-electron chi connectivity index (χ0n) is 18.1. The van der Waals surface area contributed by atoms with Gasteiger partial charge in [0, 0.05) is 42.4 Å². The fourth-order valence-electron chi connectivity index (χ4n) is 3.76. The van der Waals surface area contributed by atoms with Crippen LogP contribution in [0.2, 0.25) is 0 Å². The number of rotatable bonds is 8. The molecule has 33 heavy (non-hydrogen) atoms. The van der Waals surface area contributed by atoms with E-state index in [1.54, 1.807) is 12.1 Å². The molecule has 1 aromatic heterocycles. The summed E-state index contributed by atoms with van der Waals surface area (Å²) in [5, 5.41) is 13.9. The second-order valence-corrected chi connectivity index (χ2v) is 9.08. The van der Waals surface area contributed by atoms with E-state index in [1.165, 1.54) is 0 Å². The van der Waals surface area contributed by atoms with Crippen LogP contribution in [0.3, 0.4) is 0 Å². The van der Waals surface area contributed by atoms with Gasteiger partial charge in [-0.15, -0.1) is 0 Å². The van der Waals surface area contributed by atoms with Crippen molar-refractivity contribution in [3.05, 3.63) is 36.0 Å². The van der Waals surface area contributed by atoms with E-state index in [9.17, 15) is 13.6 Å². The van der Waals surface area contributed by atoms with Gasteiger partial charge in [0.25, 0.3) is 0 Å². The van der Waals surface area contributed by atoms with Crippen LogP contribution in [0, 0.1) is 11.3 Å². The number of urea groups is 1. The first-order chi connectivity index (χ1) is 16.0. The molecule has 0 bridgehead atoms. The highest BCUT2D eigenvalue weighted by Gasteiger charge is 2.47. The zero-order chi connectivity index (χ0) is 23.3. The summed E-state index contributed by atoms with van der Waals surface area (Å²) in [6, 6.07) is 10.7. The number of nitriles is 1. The van der Waals surface area contributed by atoms with E-state index in [-0.39, 0.29) is 30.2 Å². The summed E-state index contributed by atoms with van der Waals surface area (Å²) in [4.78, 5) is 23.6. The van der Waals surface area contributed by atoms with Crippen molar-refractivity contribution in [2.75, 3.05) is 48.8 Å². The monoisotopic (exact) mass is 470 g/mol. The molecule has 1 aliphatic carbocycles. The van der Waals surface area contributed by atoms with Gasteiger partial charge in [-0.3, -0.25) is 0 Å². The average Bonchev–Trinajstić information content (AvgIpc) is 3.60. The van der Waals surface area contributed by atoms with Crippen molar-refractivity contribution < 1.29 is 18.3 Å². The van der Waals surface area contributed by atoms with Crippen LogP contribution in [0.15, 0.2) is 30.3 Å². The first-order valence-electron chi connectivity index (χ1n) is 10.8. The molecule has 3 N–H and O–H groups in total. The van der Waals surface area contributed by atoms with Crippen molar-refractivity contribution in [2.24, 2.45) is 0 Å². The Hall–Kier alpha value is -3.07. The number of ether oxygens (including phenoxy) is 1. The first kappa shape index (κ1) is 23.1. The summed E-state index contributed by atoms with van der Waals surface area (Å²) in [5.74, 6) is 1.48. The Morgan fingerprint density at radius 3 is 2.61 bits per heavy atom. The number of nitrogens with zero attached hydrogens (tertiary/aromatic N) is 4. The van der Waals surface area contributed by atoms with Gasteiger partial charge in [0.15, 0.2) is 16.9 Å². The molecular formula is C22H26N6O4S. The van der Waals surface area contributed by atoms with E-state index in [2.05, 4.69) is 15.5 Å². The van der Waals surface area contributed by atoms with Gasteiger partial charge in [0.1, 0.15) is 5.82 Å². The van der Waals surface area contributed by atoms with E-state index in [1.807, 2.05) is 24.3 Å². The molecule has 174 valence electrons. The van der Waals surface area contributed by atoms with Crippen molar-refractivity contribution >= 4 is 28.6 Å². The number of benzene rings is 1. The Balaban J connectivity index is 1.58. The van der Waals surface area contributed by atoms with Crippen molar-refractivity contribution in [3.8, 4) is 17.5 Å². The van der Waals surface area contributed by atoms with Crippen molar-refractivity contribution in [2.45, 2.75) is 24.7 Å². The van der Waals surface area contributed by atoms with Crippen LogP contribution in [0.25, 0.3) is 11.4 Å². The molecule has 2 aromatic rings. The number of nitrogens with one attached hydrogen (secondary N) is 2. The Morgan fingerprint density at radius 2 is 1.97 bits per heavy atom. The van der Waals surface area contributed by atoms with Crippen LogP contribution in [-0.4, -0.2) is 63.4 Å². The molecule has 4 rings (SSSR count). The maximum absolute atomic E-state index is 11.9. The van der Waals surface area contributed by atoms with Gasteiger partial charge in [0.2, 0.25) is 0 Å². The summed E-state index contributed by atoms with van der Waals surface area (Å²) in [7, 11) is 0. The molecule has 1 saturated heterocycles. The summed E-state index contributed by atoms with van der Waals surface area (Å²) in [6.45, 7) is 2.97. The minimum atomic E-state index is -1.91. The molecule has 2 amide bonds. The summed E-state index contributed by atoms with van der Waals surface area (Å²) in [6.07, 6.45) is 1.89. The zero-order valence-corrected chi connectivity index (χ0v) is 18.9. The lowest BCUT2D eigenvalue weighted by molar-refractivity contribution is 0.122. The molecule has 10 nitrogen and oxygen atoms in total. The molecule has 1 atom stereocenters. The predicted octanol–water partition coefficient (Wildman–Crippen LogP) is 2.27. The Kier molecular flexibility index (Phi) is 7.17. The van der Waals surface area contributed by atoms with Crippen molar-refractivity contribution in [3.63, 3.8) is 0 Å². The first-order valence-corrected chi connectivity index (χ1v) is 12.1. The SMILES string of the molecule is N#CCCNC(=O)Nc1ccc(-c2nc(N3CCOCC3)cc(C3(CS(=O)O)CC3)n2)cc1. The van der Waals surface area contributed by atoms with Crippen LogP contribution in [0.5, 0.6) is 0 Å². The third kappa shape index (κ3) is 5.84. The average molecular weight is 471 g/mol. The minimum Gasteiger partial charge on any atom is -0.378 e. The number of carbonyl (C=O) groups excluding carboxylic acids is 1. The van der Waals surface area contributed by atoms with Crippen molar-refractivity contribution in [1.82, 2.24) is 15.3 Å². The Bertz CT molecular complexity index is 1060. The smallest absolute Gasteiger partial charge is 0.319 e. The largest absolute Gasteiger partial charge is 0.378 e. The maximum Gasteiger partial charge on any atom is 0.319 e. The van der Waals surface area contributed by atoms with E-state index in [0.29, 0.717) is 24.7 Å². The number of hydrogen-bond donors (Lipinski definition) is 3. The number of aromatic nitrogens is 2. The molecule has 0 spiro atoms. The molecule has 2 fully saturated rings. The molecule has 0 radical (unpaired) electrons. The number of amides is 2. The van der Waals surface area contributed by atoms with Gasteiger partial charge in [-0.25, -0.2) is 19.0 Å². The lowest BCUT2D eigenvalue weighted by Gasteiger charge is -2.29. The minimum absolute atomic E-state index is 0.162. The quantitative estimate of drug-likeness (QED) is 0.394. The number of morpholine rings is 1. The van der Waals surface area contributed by atoms with Crippen LogP contribution >= 0.6 is 0 Å². The number of anilines is 2. The fraction of sp³-hybridized carbons (Fsp3) is 0.455. The molecule has 1 saturated carbocycles. The maximum atomic E-state index is 11.9. The topological polar surface area (TPSA) is 140 Å². The highest BCUT2D eigenvalue weighted by Crippen LogP contribution is 2.48. The van der Waals surface area contributed by atoms with Gasteiger partial charge >= 0.3 is 6.03 Å². The van der Waals surface area contributed by atoms with E-state index >= 15 is 0 Å². The third-order valence-corrected chi connectivity index (χ3v) is 6.57. The van der Waals surface area contributed by atoms with Gasteiger partial charge in [-0.2, -0.15) is 5.26 Å². The van der Waals surface area contributed by atoms with Crippen LogP contribution in [-0.2, 0) is 21.2 Å². The van der Waals surface area contributed by atoms with E-state index in [4.69, 9.17) is 20.0 Å². The molecular weight excluding hydrogens is 444 g/mol. The third-order valence-electron chi connectivity index (χ3n) is 5.77. The second kappa shape index (κ2) is 10.2. The second-order valence-electron chi connectivity index (χ2n) is 8.15. The normalized spacial score (nSPS) is 17.6. The van der Waals surface area contributed by atoms with Gasteiger partial charge < -0.3 is 24.8 Å². The molecule has 11 heteroatoms. The highest BCUT2D eigenvalue weighted by atomic mass is 32.2. The summed E-state index contributed by atoms with van der Waals surface area (Å²) < 4.78 is 26.5. The van der Waals surface area contributed by atoms with E-state index < -0.39 is 11.1 Å². The predicted molar refractivity (Wildman–Crippen MR) is 124 cm³/mol. The molecule has 1 aromatic carbocycles. The standard InChI is InChI=1S/C22H26N6O4S/c23-8-1-9-24-21(29)25-17-4-2-16(3-5-17)20-26-18(22(6-7-22)15-33(30)31)14-19(27-20)28-10-12-32-13-11-28/h2-5,14H,1,6-7,9-13,15H2,(H,30,31)(H2,24,25,29). The lowest BCUT2D eigenvalue weighted by atomic mass is 10.0. The van der Waals surface area contributed by atoms with Gasteiger partial charge in [0.05, 0.1) is 37.2 Å². The Morgan fingerprint density at radius 1 is 1.24 bits per heavy atom. The molecule has 2 aliphatic rings. The Labute approximate surface area is 194 Å². The number of carbonyl (C=O) groups is 1. The molecule has 1 unspecified atom stereocenters. The van der Waals surface area contributed by atoms with Gasteiger partial charge in [-0.05, 0) is 37.1 Å². The van der Waals surface area contributed by atoms with Crippen molar-refractivity contribution in [1.29, 1.82) is 5.26 Å². The molecule has 2 heterocycles. The summed E-state index contributed by atoms with van der Waals surface area (Å²) >= 11 is -1.91. The van der Waals surface area contributed by atoms with Crippen LogP contribution < -0.4 is 15.5 Å². The molecule has 1 aliphatic heterocycles. The van der Waals surface area contributed by atoms with Crippen LogP contribution in [0.1, 0.15) is 25.0 Å². The number of hydrogen-bond acceptors (Lipinski definition) is 7.